The highest BCUT2D eigenvalue weighted by Crippen LogP contribution is 2.38. The highest BCUT2D eigenvalue weighted by molar-refractivity contribution is 7.45. The number of ether oxygens (including phenoxy) is 2. The molecule has 398 valence electrons. The van der Waals surface area contributed by atoms with E-state index in [1.165, 1.54) is 96.3 Å². The molecule has 0 radical (unpaired) electrons. The van der Waals surface area contributed by atoms with Crippen molar-refractivity contribution in [2.24, 2.45) is 0 Å². The van der Waals surface area contributed by atoms with Crippen molar-refractivity contribution in [3.05, 3.63) is 85.1 Å². The van der Waals surface area contributed by atoms with Gasteiger partial charge >= 0.3 is 11.9 Å². The zero-order valence-electron chi connectivity index (χ0n) is 45.0. The number of carbonyl (C=O) groups is 2. The molecule has 0 spiro atoms. The van der Waals surface area contributed by atoms with E-state index in [0.29, 0.717) is 17.4 Å². The number of likely N-dealkylation sites (N-methyl/N-ethyl adjacent to an activating group) is 1. The van der Waals surface area contributed by atoms with Crippen LogP contribution < -0.4 is 4.89 Å². The normalized spacial score (nSPS) is 14.0. The smallest absolute Gasteiger partial charge is 0.306 e. The summed E-state index contributed by atoms with van der Waals surface area (Å²) in [5.74, 6) is -0.849. The molecule has 9 nitrogen and oxygen atoms in total. The first-order valence-corrected chi connectivity index (χ1v) is 29.3. The summed E-state index contributed by atoms with van der Waals surface area (Å²) in [6, 6.07) is 0. The number of hydrogen-bond acceptors (Lipinski definition) is 8. The molecule has 0 amide bonds. The summed E-state index contributed by atoms with van der Waals surface area (Å²) in [5.41, 5.74) is 0. The van der Waals surface area contributed by atoms with Gasteiger partial charge in [0.15, 0.2) is 6.10 Å². The van der Waals surface area contributed by atoms with Gasteiger partial charge in [0.25, 0.3) is 7.82 Å². The number of nitrogens with zero attached hydrogens (tertiary/aromatic N) is 1. The molecule has 0 aromatic rings. The topological polar surface area (TPSA) is 111 Å². The average molecular weight is 986 g/mol. The molecule has 2 unspecified atom stereocenters. The van der Waals surface area contributed by atoms with Crippen LogP contribution in [-0.4, -0.2) is 70.0 Å². The number of esters is 2. The molecule has 0 rings (SSSR count). The summed E-state index contributed by atoms with van der Waals surface area (Å²) >= 11 is 0. The minimum atomic E-state index is -4.64. The second kappa shape index (κ2) is 50.1. The van der Waals surface area contributed by atoms with Gasteiger partial charge in [0.2, 0.25) is 0 Å². The SMILES string of the molecule is CC/C=C\C/C=C\C/C=C\C/C=C\C/C=C\C/C=C\CCCCCCCCCCC(=O)OC(COC(=O)CCCCCCCCC/C=C\CCCCCCCCC)COP(=O)([O-])OCC[N+](C)(C)C. The summed E-state index contributed by atoms with van der Waals surface area (Å²) in [5, 5.41) is 0. The van der Waals surface area contributed by atoms with Gasteiger partial charge in [-0.25, -0.2) is 0 Å². The Bertz CT molecular complexity index is 1440. The first kappa shape index (κ1) is 66.2. The van der Waals surface area contributed by atoms with Crippen LogP contribution in [0.2, 0.25) is 0 Å². The van der Waals surface area contributed by atoms with Gasteiger partial charge in [-0.2, -0.15) is 0 Å². The minimum Gasteiger partial charge on any atom is -0.756 e. The highest BCUT2D eigenvalue weighted by Gasteiger charge is 2.21. The summed E-state index contributed by atoms with van der Waals surface area (Å²) < 4.78 is 34.1. The number of rotatable bonds is 50. The Morgan fingerprint density at radius 1 is 0.464 bits per heavy atom. The maximum absolute atomic E-state index is 12.8. The number of hydrogen-bond donors (Lipinski definition) is 0. The van der Waals surface area contributed by atoms with Crippen LogP contribution in [0.4, 0.5) is 0 Å². The Morgan fingerprint density at radius 3 is 1.25 bits per heavy atom. The number of unbranched alkanes of at least 4 members (excludes halogenated alkanes) is 22. The highest BCUT2D eigenvalue weighted by atomic mass is 31.2. The lowest BCUT2D eigenvalue weighted by molar-refractivity contribution is -0.870. The molecule has 0 heterocycles. The van der Waals surface area contributed by atoms with E-state index in [-0.39, 0.29) is 26.1 Å². The second-order valence-electron chi connectivity index (χ2n) is 19.6. The van der Waals surface area contributed by atoms with Crippen LogP contribution in [0, 0.1) is 0 Å². The molecule has 0 saturated carbocycles. The van der Waals surface area contributed by atoms with Crippen molar-refractivity contribution in [3.8, 4) is 0 Å². The second-order valence-corrected chi connectivity index (χ2v) is 21.0. The van der Waals surface area contributed by atoms with E-state index in [1.54, 1.807) is 0 Å². The Morgan fingerprint density at radius 2 is 0.826 bits per heavy atom. The largest absolute Gasteiger partial charge is 0.756 e. The van der Waals surface area contributed by atoms with Crippen molar-refractivity contribution in [1.82, 2.24) is 0 Å². The van der Waals surface area contributed by atoms with Gasteiger partial charge in [0.1, 0.15) is 19.8 Å². The number of quaternary nitrogens is 1. The summed E-state index contributed by atoms with van der Waals surface area (Å²) in [6.45, 7) is 4.11. The van der Waals surface area contributed by atoms with Crippen LogP contribution in [-0.2, 0) is 32.7 Å². The summed E-state index contributed by atoms with van der Waals surface area (Å²) in [4.78, 5) is 37.8. The van der Waals surface area contributed by atoms with E-state index in [2.05, 4.69) is 98.9 Å². The lowest BCUT2D eigenvalue weighted by Gasteiger charge is -2.28. The molecule has 0 aliphatic rings. The van der Waals surface area contributed by atoms with Crippen molar-refractivity contribution in [3.63, 3.8) is 0 Å². The molecule has 0 aliphatic carbocycles. The van der Waals surface area contributed by atoms with Crippen LogP contribution in [0.3, 0.4) is 0 Å². The van der Waals surface area contributed by atoms with E-state index in [4.69, 9.17) is 18.5 Å². The molecular weight excluding hydrogens is 882 g/mol. The average Bonchev–Trinajstić information content (AvgIpc) is 3.31. The molecule has 0 bridgehead atoms. The molecular formula is C59H104NO8P. The predicted octanol–water partition coefficient (Wildman–Crippen LogP) is 16.5. The van der Waals surface area contributed by atoms with E-state index in [1.807, 2.05) is 21.1 Å². The number of phosphoric ester groups is 1. The predicted molar refractivity (Wildman–Crippen MR) is 291 cm³/mol. The number of phosphoric acid groups is 1. The fraction of sp³-hybridized carbons (Fsp3) is 0.729. The third-order valence-corrected chi connectivity index (χ3v) is 12.6. The molecule has 0 saturated heterocycles. The Labute approximate surface area is 424 Å². The third-order valence-electron chi connectivity index (χ3n) is 11.6. The maximum atomic E-state index is 12.8. The van der Waals surface area contributed by atoms with Crippen molar-refractivity contribution in [2.45, 2.75) is 232 Å². The molecule has 0 N–H and O–H groups in total. The molecule has 2 atom stereocenters. The first-order valence-electron chi connectivity index (χ1n) is 27.8. The first-order chi connectivity index (χ1) is 33.5. The van der Waals surface area contributed by atoms with Crippen LogP contribution in [0.5, 0.6) is 0 Å². The maximum Gasteiger partial charge on any atom is 0.306 e. The standard InChI is InChI=1S/C59H104NO8P/c1-6-8-10-12-14-16-18-20-22-24-26-27-28-29-30-31-32-33-34-36-38-40-42-44-46-48-50-52-59(62)68-57(56-67-69(63,64)66-54-53-60(3,4)5)55-65-58(61)51-49-47-45-43-41-39-37-35-25-23-21-19-17-15-13-11-9-7-2/h8,10,14,16,20,22-23,25-27,29-30,32-33,57H,6-7,9,11-13,15,17-19,21,24,28,31,34-56H2,1-5H3/b10-8-,16-14-,22-20-,25-23-,27-26-,30-29-,33-32-. The van der Waals surface area contributed by atoms with Crippen molar-refractivity contribution < 1.29 is 42.1 Å². The van der Waals surface area contributed by atoms with Crippen LogP contribution in [0.1, 0.15) is 226 Å². The summed E-state index contributed by atoms with van der Waals surface area (Å²) in [7, 11) is 1.15. The Kier molecular flexibility index (Phi) is 48.1. The fourth-order valence-electron chi connectivity index (χ4n) is 7.36. The van der Waals surface area contributed by atoms with Crippen LogP contribution >= 0.6 is 7.82 Å². The fourth-order valence-corrected chi connectivity index (χ4v) is 8.09. The Hall–Kier alpha value is -2.81. The van der Waals surface area contributed by atoms with Gasteiger partial charge in [-0.05, 0) is 89.9 Å². The molecule has 0 aromatic carbocycles. The van der Waals surface area contributed by atoms with E-state index in [9.17, 15) is 19.0 Å². The van der Waals surface area contributed by atoms with Crippen molar-refractivity contribution in [2.75, 3.05) is 47.5 Å². The lowest BCUT2D eigenvalue weighted by atomic mass is 10.1. The number of allylic oxidation sites excluding steroid dienone is 14. The van der Waals surface area contributed by atoms with Gasteiger partial charge in [-0.3, -0.25) is 14.2 Å². The molecule has 0 aromatic heterocycles. The van der Waals surface area contributed by atoms with Crippen LogP contribution in [0.15, 0.2) is 85.1 Å². The van der Waals surface area contributed by atoms with E-state index >= 15 is 0 Å². The van der Waals surface area contributed by atoms with Gasteiger partial charge in [-0.15, -0.1) is 0 Å². The third kappa shape index (κ3) is 54.4. The van der Waals surface area contributed by atoms with E-state index < -0.39 is 32.5 Å². The van der Waals surface area contributed by atoms with Gasteiger partial charge in [0, 0.05) is 12.8 Å². The lowest BCUT2D eigenvalue weighted by Crippen LogP contribution is -2.37. The van der Waals surface area contributed by atoms with Gasteiger partial charge < -0.3 is 27.9 Å². The summed E-state index contributed by atoms with van der Waals surface area (Å²) in [6.07, 6.45) is 66.1. The quantitative estimate of drug-likeness (QED) is 0.0195. The van der Waals surface area contributed by atoms with E-state index in [0.717, 1.165) is 96.3 Å². The number of carbonyl (C=O) groups excluding carboxylic acids is 2. The molecule has 10 heteroatoms. The Balaban J connectivity index is 4.24. The monoisotopic (exact) mass is 986 g/mol. The molecule has 69 heavy (non-hydrogen) atoms. The van der Waals surface area contributed by atoms with Gasteiger partial charge in [-0.1, -0.05) is 208 Å². The molecule has 0 aliphatic heterocycles. The van der Waals surface area contributed by atoms with Gasteiger partial charge in [0.05, 0.1) is 27.7 Å². The molecule has 0 fully saturated rings. The zero-order valence-corrected chi connectivity index (χ0v) is 45.9. The minimum absolute atomic E-state index is 0.0369. The van der Waals surface area contributed by atoms with Crippen LogP contribution in [0.25, 0.3) is 0 Å². The zero-order chi connectivity index (χ0) is 50.6. The van der Waals surface area contributed by atoms with Crippen molar-refractivity contribution >= 4 is 19.8 Å². The van der Waals surface area contributed by atoms with Crippen molar-refractivity contribution in [1.29, 1.82) is 0 Å².